The van der Waals surface area contributed by atoms with Gasteiger partial charge in [0.15, 0.2) is 0 Å². The van der Waals surface area contributed by atoms with Gasteiger partial charge in [-0.05, 0) is 46.1 Å². The standard InChI is InChI=1S/C19H17BrN4O/c1-13-7-8-17(16(20)9-13)24-18(25)15-11-22-19(23-12-15)21-10-14-5-3-2-4-6-14/h2-9,11-12H,10H2,1H3,(H,24,25)(H,21,22,23). The third-order valence-electron chi connectivity index (χ3n) is 3.58. The molecule has 2 N–H and O–H groups in total. The number of aryl methyl sites for hydroxylation is 1. The van der Waals surface area contributed by atoms with Crippen molar-refractivity contribution in [3.63, 3.8) is 0 Å². The van der Waals surface area contributed by atoms with Crippen molar-refractivity contribution in [3.8, 4) is 0 Å². The number of hydrogen-bond acceptors (Lipinski definition) is 4. The average molecular weight is 397 g/mol. The van der Waals surface area contributed by atoms with E-state index in [1.165, 1.54) is 12.4 Å². The van der Waals surface area contributed by atoms with E-state index in [4.69, 9.17) is 0 Å². The number of benzene rings is 2. The molecule has 5 nitrogen and oxygen atoms in total. The number of amides is 1. The van der Waals surface area contributed by atoms with E-state index in [1.807, 2.05) is 55.5 Å². The Balaban J connectivity index is 1.62. The molecule has 0 aliphatic carbocycles. The average Bonchev–Trinajstić information content (AvgIpc) is 2.63. The molecule has 0 unspecified atom stereocenters. The number of aromatic nitrogens is 2. The zero-order valence-electron chi connectivity index (χ0n) is 13.7. The van der Waals surface area contributed by atoms with Crippen molar-refractivity contribution in [3.05, 3.63) is 82.1 Å². The Morgan fingerprint density at radius 2 is 1.80 bits per heavy atom. The Bertz CT molecular complexity index is 866. The summed E-state index contributed by atoms with van der Waals surface area (Å²) in [5.41, 5.74) is 3.36. The lowest BCUT2D eigenvalue weighted by atomic mass is 10.2. The quantitative estimate of drug-likeness (QED) is 0.669. The molecule has 0 saturated heterocycles. The van der Waals surface area contributed by atoms with Crippen molar-refractivity contribution < 1.29 is 4.79 Å². The van der Waals surface area contributed by atoms with Crippen LogP contribution in [0.25, 0.3) is 0 Å². The molecule has 0 fully saturated rings. The zero-order chi connectivity index (χ0) is 17.6. The molecule has 0 saturated carbocycles. The van der Waals surface area contributed by atoms with Gasteiger partial charge in [-0.2, -0.15) is 0 Å². The molecule has 3 aromatic rings. The summed E-state index contributed by atoms with van der Waals surface area (Å²) < 4.78 is 0.836. The molecular weight excluding hydrogens is 380 g/mol. The lowest BCUT2D eigenvalue weighted by molar-refractivity contribution is 0.102. The minimum Gasteiger partial charge on any atom is -0.350 e. The molecular formula is C19H17BrN4O. The van der Waals surface area contributed by atoms with Crippen LogP contribution in [0.2, 0.25) is 0 Å². The van der Waals surface area contributed by atoms with E-state index >= 15 is 0 Å². The van der Waals surface area contributed by atoms with Gasteiger partial charge in [0.2, 0.25) is 5.95 Å². The summed E-state index contributed by atoms with van der Waals surface area (Å²) in [6.45, 7) is 2.62. The summed E-state index contributed by atoms with van der Waals surface area (Å²) in [5.74, 6) is 0.232. The van der Waals surface area contributed by atoms with Crippen LogP contribution in [0.3, 0.4) is 0 Å². The van der Waals surface area contributed by atoms with Gasteiger partial charge in [-0.1, -0.05) is 36.4 Å². The normalized spacial score (nSPS) is 10.3. The molecule has 1 heterocycles. The molecule has 1 aromatic heterocycles. The first-order valence-electron chi connectivity index (χ1n) is 7.79. The monoisotopic (exact) mass is 396 g/mol. The molecule has 0 aliphatic heterocycles. The molecule has 0 bridgehead atoms. The third kappa shape index (κ3) is 4.64. The van der Waals surface area contributed by atoms with Crippen LogP contribution in [-0.4, -0.2) is 15.9 Å². The molecule has 126 valence electrons. The van der Waals surface area contributed by atoms with Gasteiger partial charge in [-0.3, -0.25) is 4.79 Å². The Morgan fingerprint density at radius 1 is 1.08 bits per heavy atom. The number of nitrogens with zero attached hydrogens (tertiary/aromatic N) is 2. The number of halogens is 1. The largest absolute Gasteiger partial charge is 0.350 e. The molecule has 2 aromatic carbocycles. The maximum atomic E-state index is 12.3. The minimum absolute atomic E-state index is 0.251. The second-order valence-corrected chi connectivity index (χ2v) is 6.43. The highest BCUT2D eigenvalue weighted by atomic mass is 79.9. The summed E-state index contributed by atoms with van der Waals surface area (Å²) >= 11 is 3.45. The summed E-state index contributed by atoms with van der Waals surface area (Å²) in [6, 6.07) is 15.7. The lowest BCUT2D eigenvalue weighted by Gasteiger charge is -2.09. The highest BCUT2D eigenvalue weighted by Gasteiger charge is 2.10. The van der Waals surface area contributed by atoms with E-state index in [-0.39, 0.29) is 5.91 Å². The maximum absolute atomic E-state index is 12.3. The highest BCUT2D eigenvalue weighted by Crippen LogP contribution is 2.23. The first kappa shape index (κ1) is 17.1. The van der Waals surface area contributed by atoms with E-state index in [1.54, 1.807) is 0 Å². The van der Waals surface area contributed by atoms with Crippen molar-refractivity contribution in [1.29, 1.82) is 0 Å². The van der Waals surface area contributed by atoms with Crippen LogP contribution in [0, 0.1) is 6.92 Å². The van der Waals surface area contributed by atoms with Gasteiger partial charge in [-0.15, -0.1) is 0 Å². The van der Waals surface area contributed by atoms with Crippen LogP contribution in [0.5, 0.6) is 0 Å². The summed E-state index contributed by atoms with van der Waals surface area (Å²) in [5, 5.41) is 5.98. The van der Waals surface area contributed by atoms with Gasteiger partial charge in [0.1, 0.15) is 0 Å². The second kappa shape index (κ2) is 7.90. The summed E-state index contributed by atoms with van der Waals surface area (Å²) in [7, 11) is 0. The molecule has 1 amide bonds. The van der Waals surface area contributed by atoms with Gasteiger partial charge in [0.05, 0.1) is 11.3 Å². The number of carbonyl (C=O) groups is 1. The van der Waals surface area contributed by atoms with E-state index < -0.39 is 0 Å². The smallest absolute Gasteiger partial charge is 0.258 e. The van der Waals surface area contributed by atoms with Crippen LogP contribution in [-0.2, 0) is 6.54 Å². The molecule has 6 heteroatoms. The Kier molecular flexibility index (Phi) is 5.40. The fourth-order valence-corrected chi connectivity index (χ4v) is 2.82. The third-order valence-corrected chi connectivity index (χ3v) is 4.24. The van der Waals surface area contributed by atoms with Crippen LogP contribution < -0.4 is 10.6 Å². The maximum Gasteiger partial charge on any atom is 0.258 e. The van der Waals surface area contributed by atoms with Crippen molar-refractivity contribution in [2.45, 2.75) is 13.5 Å². The molecule has 0 atom stereocenters. The number of carbonyl (C=O) groups excluding carboxylic acids is 1. The molecule has 3 rings (SSSR count). The van der Waals surface area contributed by atoms with Gasteiger partial charge >= 0.3 is 0 Å². The van der Waals surface area contributed by atoms with Crippen molar-refractivity contribution in [2.24, 2.45) is 0 Å². The van der Waals surface area contributed by atoms with Crippen molar-refractivity contribution in [2.75, 3.05) is 10.6 Å². The zero-order valence-corrected chi connectivity index (χ0v) is 15.2. The van der Waals surface area contributed by atoms with Crippen LogP contribution in [0.15, 0.2) is 65.4 Å². The van der Waals surface area contributed by atoms with Gasteiger partial charge in [-0.25, -0.2) is 9.97 Å². The van der Waals surface area contributed by atoms with E-state index in [0.717, 1.165) is 15.6 Å². The Morgan fingerprint density at radius 3 is 2.48 bits per heavy atom. The van der Waals surface area contributed by atoms with E-state index in [9.17, 15) is 4.79 Å². The molecule has 0 radical (unpaired) electrons. The summed E-state index contributed by atoms with van der Waals surface area (Å²) in [6.07, 6.45) is 3.02. The number of hydrogen-bond donors (Lipinski definition) is 2. The van der Waals surface area contributed by atoms with Gasteiger partial charge < -0.3 is 10.6 Å². The fraction of sp³-hybridized carbons (Fsp3) is 0.105. The number of nitrogens with one attached hydrogen (secondary N) is 2. The lowest BCUT2D eigenvalue weighted by Crippen LogP contribution is -2.14. The SMILES string of the molecule is Cc1ccc(NC(=O)c2cnc(NCc3ccccc3)nc2)c(Br)c1. The summed E-state index contributed by atoms with van der Waals surface area (Å²) in [4.78, 5) is 20.7. The van der Waals surface area contributed by atoms with Gasteiger partial charge in [0, 0.05) is 23.4 Å². The molecule has 25 heavy (non-hydrogen) atoms. The van der Waals surface area contributed by atoms with Crippen LogP contribution in [0.4, 0.5) is 11.6 Å². The molecule has 0 aliphatic rings. The van der Waals surface area contributed by atoms with E-state index in [2.05, 4.69) is 36.5 Å². The number of rotatable bonds is 5. The molecule has 0 spiro atoms. The van der Waals surface area contributed by atoms with Gasteiger partial charge in [0.25, 0.3) is 5.91 Å². The first-order valence-corrected chi connectivity index (χ1v) is 8.58. The fourth-order valence-electron chi connectivity index (χ4n) is 2.23. The minimum atomic E-state index is -0.251. The predicted octanol–water partition coefficient (Wildman–Crippen LogP) is 4.41. The van der Waals surface area contributed by atoms with E-state index in [0.29, 0.717) is 23.7 Å². The van der Waals surface area contributed by atoms with Crippen LogP contribution in [0.1, 0.15) is 21.5 Å². The van der Waals surface area contributed by atoms with Crippen molar-refractivity contribution in [1.82, 2.24) is 9.97 Å². The Hall–Kier alpha value is -2.73. The highest BCUT2D eigenvalue weighted by molar-refractivity contribution is 9.10. The second-order valence-electron chi connectivity index (χ2n) is 5.57. The van der Waals surface area contributed by atoms with Crippen molar-refractivity contribution >= 4 is 33.5 Å². The Labute approximate surface area is 154 Å². The first-order chi connectivity index (χ1) is 12.1. The number of anilines is 2. The van der Waals surface area contributed by atoms with Crippen LogP contribution >= 0.6 is 15.9 Å². The predicted molar refractivity (Wildman–Crippen MR) is 103 cm³/mol. The topological polar surface area (TPSA) is 66.9 Å².